The fraction of sp³-hybridized carbons (Fsp3) is 0.367. The molecule has 0 atom stereocenters. The Hall–Kier alpha value is -3.82. The number of nitrogens with two attached hydrogens (primary N) is 1. The SMILES string of the molecule is Nc1ncnc2c1c(-c1ccc3[nH]c(Cc4ccccc4F)cc3c1)nn2[C@H]1CC[C@H](N2CCOCC2)CC1. The molecule has 200 valence electrons. The van der Waals surface area contributed by atoms with Crippen LogP contribution in [0.15, 0.2) is 54.9 Å². The average molecular weight is 526 g/mol. The van der Waals surface area contributed by atoms with E-state index in [1.807, 2.05) is 18.2 Å². The van der Waals surface area contributed by atoms with E-state index in [1.54, 1.807) is 6.07 Å². The van der Waals surface area contributed by atoms with Gasteiger partial charge in [0.1, 0.15) is 23.7 Å². The Balaban J connectivity index is 1.19. The maximum Gasteiger partial charge on any atom is 0.164 e. The first-order valence-electron chi connectivity index (χ1n) is 13.8. The zero-order valence-corrected chi connectivity index (χ0v) is 21.8. The van der Waals surface area contributed by atoms with Gasteiger partial charge >= 0.3 is 0 Å². The number of rotatable bonds is 5. The standard InChI is InChI=1S/C30H32FN7O/c31-25-4-2-1-3-19(25)16-22-17-21-15-20(5-10-26(21)35-22)28-27-29(32)33-18-34-30(27)38(36-28)24-8-6-23(7-9-24)37-11-13-39-14-12-37/h1-5,10,15,17-18,23-24,35H,6-9,11-14,16H2,(H2,32,33,34)/t23-,24-. The second kappa shape index (κ2) is 10.1. The molecule has 1 aliphatic carbocycles. The van der Waals surface area contributed by atoms with Crippen molar-refractivity contribution in [3.8, 4) is 11.3 Å². The van der Waals surface area contributed by atoms with Gasteiger partial charge in [0.2, 0.25) is 0 Å². The molecule has 2 fully saturated rings. The van der Waals surface area contributed by atoms with Crippen LogP contribution in [0.2, 0.25) is 0 Å². The van der Waals surface area contributed by atoms with Gasteiger partial charge in [-0.05, 0) is 55.5 Å². The Kier molecular flexibility index (Phi) is 6.25. The second-order valence-electron chi connectivity index (χ2n) is 10.7. The highest BCUT2D eigenvalue weighted by atomic mass is 19.1. The lowest BCUT2D eigenvalue weighted by Crippen LogP contribution is -2.45. The van der Waals surface area contributed by atoms with Crippen LogP contribution in [-0.2, 0) is 11.2 Å². The second-order valence-corrected chi connectivity index (χ2v) is 10.7. The molecule has 3 N–H and O–H groups in total. The van der Waals surface area contributed by atoms with E-state index in [1.165, 1.54) is 12.4 Å². The number of aromatic amines is 1. The van der Waals surface area contributed by atoms with Crippen LogP contribution in [-0.4, -0.2) is 62.0 Å². The number of nitrogens with zero attached hydrogens (tertiary/aromatic N) is 5. The minimum atomic E-state index is -0.191. The fourth-order valence-electron chi connectivity index (χ4n) is 6.34. The molecular weight excluding hydrogens is 493 g/mol. The van der Waals surface area contributed by atoms with Gasteiger partial charge in [0, 0.05) is 47.7 Å². The van der Waals surface area contributed by atoms with Gasteiger partial charge < -0.3 is 15.5 Å². The smallest absolute Gasteiger partial charge is 0.164 e. The highest BCUT2D eigenvalue weighted by Gasteiger charge is 2.30. The first kappa shape index (κ1) is 24.2. The molecule has 1 saturated heterocycles. The molecule has 39 heavy (non-hydrogen) atoms. The van der Waals surface area contributed by atoms with Crippen LogP contribution in [0.1, 0.15) is 43.0 Å². The number of hydrogen-bond donors (Lipinski definition) is 2. The maximum absolute atomic E-state index is 14.2. The number of benzene rings is 2. The van der Waals surface area contributed by atoms with E-state index in [-0.39, 0.29) is 11.9 Å². The van der Waals surface area contributed by atoms with Crippen molar-refractivity contribution >= 4 is 27.8 Å². The Bertz CT molecular complexity index is 1630. The predicted octanol–water partition coefficient (Wildman–Crippen LogP) is 5.10. The molecule has 2 aliphatic rings. The predicted molar refractivity (Wildman–Crippen MR) is 150 cm³/mol. The number of anilines is 1. The third-order valence-corrected chi connectivity index (χ3v) is 8.38. The summed E-state index contributed by atoms with van der Waals surface area (Å²) in [4.78, 5) is 14.9. The molecule has 5 aromatic rings. The summed E-state index contributed by atoms with van der Waals surface area (Å²) < 4.78 is 21.9. The summed E-state index contributed by atoms with van der Waals surface area (Å²) in [5.74, 6) is 0.251. The Morgan fingerprint density at radius 1 is 0.974 bits per heavy atom. The number of morpholine rings is 1. The number of nitrogens with one attached hydrogen (secondary N) is 1. The first-order chi connectivity index (χ1) is 19.1. The van der Waals surface area contributed by atoms with Gasteiger partial charge in [-0.25, -0.2) is 19.0 Å². The monoisotopic (exact) mass is 525 g/mol. The molecule has 4 heterocycles. The van der Waals surface area contributed by atoms with E-state index in [4.69, 9.17) is 15.6 Å². The summed E-state index contributed by atoms with van der Waals surface area (Å²) in [6, 6.07) is 16.1. The lowest BCUT2D eigenvalue weighted by atomic mass is 9.90. The fourth-order valence-corrected chi connectivity index (χ4v) is 6.34. The van der Waals surface area contributed by atoms with Crippen LogP contribution in [0.3, 0.4) is 0 Å². The first-order valence-corrected chi connectivity index (χ1v) is 13.8. The van der Waals surface area contributed by atoms with Gasteiger partial charge in [-0.1, -0.05) is 24.3 Å². The van der Waals surface area contributed by atoms with Crippen LogP contribution < -0.4 is 5.73 Å². The van der Waals surface area contributed by atoms with E-state index >= 15 is 0 Å². The number of fused-ring (bicyclic) bond motifs is 2. The minimum absolute atomic E-state index is 0.191. The Morgan fingerprint density at radius 3 is 2.59 bits per heavy atom. The highest BCUT2D eigenvalue weighted by Crippen LogP contribution is 2.37. The minimum Gasteiger partial charge on any atom is -0.383 e. The Labute approximate surface area is 226 Å². The van der Waals surface area contributed by atoms with Crippen LogP contribution in [0.5, 0.6) is 0 Å². The van der Waals surface area contributed by atoms with Crippen molar-refractivity contribution in [2.24, 2.45) is 0 Å². The summed E-state index contributed by atoms with van der Waals surface area (Å²) in [7, 11) is 0. The van der Waals surface area contributed by atoms with Crippen molar-refractivity contribution in [3.63, 3.8) is 0 Å². The quantitative estimate of drug-likeness (QED) is 0.331. The van der Waals surface area contributed by atoms with E-state index in [0.717, 1.165) is 90.9 Å². The molecule has 2 aromatic carbocycles. The van der Waals surface area contributed by atoms with Gasteiger partial charge in [-0.3, -0.25) is 4.90 Å². The van der Waals surface area contributed by atoms with Gasteiger partial charge in [-0.2, -0.15) is 5.10 Å². The third kappa shape index (κ3) is 4.55. The van der Waals surface area contributed by atoms with Crippen molar-refractivity contribution in [3.05, 3.63) is 71.9 Å². The zero-order chi connectivity index (χ0) is 26.3. The number of H-pyrrole nitrogens is 1. The van der Waals surface area contributed by atoms with Gasteiger partial charge in [0.15, 0.2) is 5.65 Å². The van der Waals surface area contributed by atoms with E-state index in [0.29, 0.717) is 23.8 Å². The summed E-state index contributed by atoms with van der Waals surface area (Å²) in [5, 5.41) is 6.96. The lowest BCUT2D eigenvalue weighted by molar-refractivity contribution is 0.00520. The molecule has 0 spiro atoms. The van der Waals surface area contributed by atoms with E-state index in [2.05, 4.69) is 42.7 Å². The van der Waals surface area contributed by atoms with E-state index < -0.39 is 0 Å². The van der Waals surface area contributed by atoms with Crippen molar-refractivity contribution in [1.29, 1.82) is 0 Å². The summed E-state index contributed by atoms with van der Waals surface area (Å²) >= 11 is 0. The van der Waals surface area contributed by atoms with Crippen molar-refractivity contribution < 1.29 is 9.13 Å². The summed E-state index contributed by atoms with van der Waals surface area (Å²) in [5.41, 5.74) is 11.6. The molecule has 0 radical (unpaired) electrons. The Morgan fingerprint density at radius 2 is 1.77 bits per heavy atom. The normalized spacial score (nSPS) is 20.6. The molecule has 8 nitrogen and oxygen atoms in total. The summed E-state index contributed by atoms with van der Waals surface area (Å²) in [6.07, 6.45) is 6.42. The highest BCUT2D eigenvalue weighted by molar-refractivity contribution is 6.00. The number of aromatic nitrogens is 5. The van der Waals surface area contributed by atoms with Crippen LogP contribution in [0, 0.1) is 5.82 Å². The molecule has 0 unspecified atom stereocenters. The van der Waals surface area contributed by atoms with Crippen molar-refractivity contribution in [2.45, 2.75) is 44.2 Å². The average Bonchev–Trinajstić information content (AvgIpc) is 3.56. The zero-order valence-electron chi connectivity index (χ0n) is 21.8. The number of nitrogen functional groups attached to an aromatic ring is 1. The van der Waals surface area contributed by atoms with Crippen LogP contribution >= 0.6 is 0 Å². The number of ether oxygens (including phenoxy) is 1. The lowest BCUT2D eigenvalue weighted by Gasteiger charge is -2.38. The molecular formula is C30H32FN7O. The van der Waals surface area contributed by atoms with Crippen molar-refractivity contribution in [2.75, 3.05) is 32.0 Å². The van der Waals surface area contributed by atoms with Crippen LogP contribution in [0.4, 0.5) is 10.2 Å². The van der Waals surface area contributed by atoms with Crippen molar-refractivity contribution in [1.82, 2.24) is 29.6 Å². The maximum atomic E-state index is 14.2. The molecule has 0 bridgehead atoms. The van der Waals surface area contributed by atoms with E-state index in [9.17, 15) is 4.39 Å². The molecule has 3 aromatic heterocycles. The molecule has 9 heteroatoms. The van der Waals surface area contributed by atoms with Gasteiger partial charge in [-0.15, -0.1) is 0 Å². The molecule has 7 rings (SSSR count). The topological polar surface area (TPSA) is 97.9 Å². The molecule has 0 amide bonds. The van der Waals surface area contributed by atoms with Crippen LogP contribution in [0.25, 0.3) is 33.2 Å². The molecule has 1 saturated carbocycles. The molecule has 1 aliphatic heterocycles. The number of halogens is 1. The third-order valence-electron chi connectivity index (χ3n) is 8.38. The largest absolute Gasteiger partial charge is 0.383 e. The number of hydrogen-bond acceptors (Lipinski definition) is 6. The van der Waals surface area contributed by atoms with Gasteiger partial charge in [0.25, 0.3) is 0 Å². The summed E-state index contributed by atoms with van der Waals surface area (Å²) in [6.45, 7) is 3.72. The van der Waals surface area contributed by atoms with Gasteiger partial charge in [0.05, 0.1) is 24.6 Å².